The predicted octanol–water partition coefficient (Wildman–Crippen LogP) is 4.12. The molecule has 1 aromatic heterocycles. The molecular weight excluding hydrogens is 593 g/mol. The second-order valence-electron chi connectivity index (χ2n) is 9.73. The van der Waals surface area contributed by atoms with Gasteiger partial charge in [-0.15, -0.1) is 0 Å². The molecule has 1 N–H and O–H groups in total. The molecule has 2 amide bonds. The van der Waals surface area contributed by atoms with Crippen LogP contribution in [0.15, 0.2) is 59.5 Å². The van der Waals surface area contributed by atoms with Gasteiger partial charge in [-0.3, -0.25) is 15.0 Å². The molecule has 42 heavy (non-hydrogen) atoms. The number of hydrogen-bond acceptors (Lipinski definition) is 10. The first kappa shape index (κ1) is 29.1. The molecule has 13 nitrogen and oxygen atoms in total. The van der Waals surface area contributed by atoms with E-state index >= 15 is 4.39 Å². The van der Waals surface area contributed by atoms with E-state index in [9.17, 15) is 33.2 Å². The van der Waals surface area contributed by atoms with Gasteiger partial charge in [-0.05, 0) is 54.7 Å². The highest BCUT2D eigenvalue weighted by molar-refractivity contribution is 7.89. The van der Waals surface area contributed by atoms with Gasteiger partial charge in [-0.25, -0.2) is 22.4 Å². The lowest BCUT2D eigenvalue weighted by Crippen LogP contribution is -2.46. The number of anilines is 3. The summed E-state index contributed by atoms with van der Waals surface area (Å²) in [6, 6.07) is 13.1. The number of nitrogens with zero attached hydrogens (tertiary/aromatic N) is 5. The van der Waals surface area contributed by atoms with E-state index in [4.69, 9.17) is 4.74 Å². The Morgan fingerprint density at radius 2 is 1.79 bits per heavy atom. The van der Waals surface area contributed by atoms with E-state index in [1.165, 1.54) is 36.4 Å². The maximum atomic E-state index is 15.2. The summed E-state index contributed by atoms with van der Waals surface area (Å²) in [5.74, 6) is -0.585. The van der Waals surface area contributed by atoms with Crippen LogP contribution in [0.3, 0.4) is 0 Å². The first-order valence-electron chi connectivity index (χ1n) is 12.8. The zero-order valence-electron chi connectivity index (χ0n) is 22.3. The number of sulfonamides is 1. The van der Waals surface area contributed by atoms with Gasteiger partial charge in [0.05, 0.1) is 39.3 Å². The number of carbonyl (C=O) groups excluding carboxylic acids is 1. The minimum Gasteiger partial charge on any atom is -0.464 e. The van der Waals surface area contributed by atoms with Crippen molar-refractivity contribution in [3.63, 3.8) is 0 Å². The van der Waals surface area contributed by atoms with Crippen LogP contribution >= 0.6 is 11.3 Å². The molecule has 222 valence electrons. The van der Waals surface area contributed by atoms with E-state index < -0.39 is 45.6 Å². The molecule has 5 rings (SSSR count). The molecule has 16 heteroatoms. The van der Waals surface area contributed by atoms with Crippen molar-refractivity contribution in [3.8, 4) is 0 Å². The lowest BCUT2D eigenvalue weighted by atomic mass is 10.2. The number of cyclic esters (lactones) is 1. The van der Waals surface area contributed by atoms with Crippen LogP contribution in [-0.2, 0) is 14.8 Å². The van der Waals surface area contributed by atoms with E-state index in [1.807, 2.05) is 9.80 Å². The minimum atomic E-state index is -4.43. The van der Waals surface area contributed by atoms with Gasteiger partial charge >= 0.3 is 17.2 Å². The maximum absolute atomic E-state index is 15.2. The summed E-state index contributed by atoms with van der Waals surface area (Å²) in [7, 11) is -4.43. The maximum Gasteiger partial charge on any atom is 0.421 e. The first-order chi connectivity index (χ1) is 19.9. The number of carbonyl (C=O) groups is 2. The van der Waals surface area contributed by atoms with Crippen molar-refractivity contribution in [1.82, 2.24) is 4.31 Å². The topological polar surface area (TPSA) is 154 Å². The molecule has 0 unspecified atom stereocenters. The molecule has 2 fully saturated rings. The predicted molar refractivity (Wildman–Crippen MR) is 153 cm³/mol. The van der Waals surface area contributed by atoms with Gasteiger partial charge in [-0.2, -0.15) is 4.31 Å². The van der Waals surface area contributed by atoms with Crippen molar-refractivity contribution in [3.05, 3.63) is 76.1 Å². The van der Waals surface area contributed by atoms with Crippen molar-refractivity contribution in [2.24, 2.45) is 0 Å². The molecule has 3 heterocycles. The molecule has 2 aromatic carbocycles. The molecule has 2 saturated heterocycles. The van der Waals surface area contributed by atoms with Crippen LogP contribution in [-0.4, -0.2) is 80.3 Å². The summed E-state index contributed by atoms with van der Waals surface area (Å²) in [4.78, 5) is 39.8. The number of ether oxygens (including phenoxy) is 1. The molecule has 1 atom stereocenters. The Hall–Kier alpha value is -4.44. The van der Waals surface area contributed by atoms with Gasteiger partial charge in [0, 0.05) is 32.2 Å². The van der Waals surface area contributed by atoms with Gasteiger partial charge < -0.3 is 19.6 Å². The first-order valence-corrected chi connectivity index (χ1v) is 15.0. The van der Waals surface area contributed by atoms with Crippen molar-refractivity contribution in [1.29, 1.82) is 0 Å². The van der Waals surface area contributed by atoms with Gasteiger partial charge in [0.2, 0.25) is 0 Å². The number of carboxylic acid groups (broad SMARTS) is 1. The monoisotopic (exact) mass is 619 g/mol. The summed E-state index contributed by atoms with van der Waals surface area (Å²) in [6.07, 6.45) is -3.69. The third-order valence-electron chi connectivity index (χ3n) is 7.00. The Morgan fingerprint density at radius 3 is 2.38 bits per heavy atom. The number of amides is 2. The van der Waals surface area contributed by atoms with E-state index in [2.05, 4.69) is 0 Å². The molecule has 2 aliphatic heterocycles. The fraction of sp³-hybridized carbons (Fsp3) is 0.308. The number of rotatable bonds is 8. The molecular formula is C26H26FN5O8S2. The quantitative estimate of drug-likeness (QED) is 0.288. The number of aryl methyl sites for hydroxylation is 1. The molecule has 0 saturated carbocycles. The zero-order valence-corrected chi connectivity index (χ0v) is 23.9. The molecule has 0 spiro atoms. The second kappa shape index (κ2) is 11.4. The normalized spacial score (nSPS) is 17.3. The fourth-order valence-corrected chi connectivity index (χ4v) is 6.98. The van der Waals surface area contributed by atoms with Crippen molar-refractivity contribution in [2.45, 2.75) is 17.9 Å². The Kier molecular flexibility index (Phi) is 7.92. The van der Waals surface area contributed by atoms with E-state index in [0.717, 1.165) is 26.8 Å². The van der Waals surface area contributed by atoms with Crippen LogP contribution in [0, 0.1) is 22.9 Å². The number of benzene rings is 2. The minimum absolute atomic E-state index is 0.0558. The summed E-state index contributed by atoms with van der Waals surface area (Å²) in [5, 5.41) is 21.4. The third-order valence-corrected chi connectivity index (χ3v) is 9.85. The molecule has 3 aromatic rings. The van der Waals surface area contributed by atoms with Crippen LogP contribution in [0.25, 0.3) is 0 Å². The Morgan fingerprint density at radius 1 is 1.12 bits per heavy atom. The number of hydrogen-bond donors (Lipinski definition) is 1. The molecule has 0 bridgehead atoms. The largest absolute Gasteiger partial charge is 0.464 e. The number of halogens is 1. The van der Waals surface area contributed by atoms with Crippen molar-refractivity contribution in [2.75, 3.05) is 54.0 Å². The Bertz CT molecular complexity index is 1620. The molecule has 2 aliphatic rings. The highest BCUT2D eigenvalue weighted by Crippen LogP contribution is 2.34. The van der Waals surface area contributed by atoms with Crippen LogP contribution in [0.2, 0.25) is 0 Å². The van der Waals surface area contributed by atoms with Crippen molar-refractivity contribution >= 4 is 54.9 Å². The summed E-state index contributed by atoms with van der Waals surface area (Å²) in [5.41, 5.74) is 1.29. The van der Waals surface area contributed by atoms with Crippen LogP contribution in [0.4, 0.5) is 35.4 Å². The lowest BCUT2D eigenvalue weighted by Gasteiger charge is -2.36. The summed E-state index contributed by atoms with van der Waals surface area (Å²) < 4.78 is 46.7. The van der Waals surface area contributed by atoms with Gasteiger partial charge in [-0.1, -0.05) is 17.7 Å². The van der Waals surface area contributed by atoms with Crippen molar-refractivity contribution < 1.29 is 37.2 Å². The van der Waals surface area contributed by atoms with Gasteiger partial charge in [0.1, 0.15) is 11.9 Å². The standard InChI is InChI=1S/C26H26FN5O8S2/c1-17-2-5-20(6-3-17)42(38,39)31(25(33)34)16-19-15-30(26(35)40-19)18-4-7-22(21(27)14-18)28-10-12-29(13-11-28)23-8-9-24(41-23)32(36)37/h2-9,14,19H,10-13,15-16H2,1H3,(H,33,34)/t19-/m1/s1. The lowest BCUT2D eigenvalue weighted by molar-refractivity contribution is -0.380. The highest BCUT2D eigenvalue weighted by atomic mass is 32.2. The average Bonchev–Trinajstić information content (AvgIpc) is 3.59. The van der Waals surface area contributed by atoms with Gasteiger partial charge in [0.25, 0.3) is 10.0 Å². The summed E-state index contributed by atoms with van der Waals surface area (Å²) in [6.45, 7) is 2.95. The molecule has 0 radical (unpaired) electrons. The number of nitro groups is 1. The van der Waals surface area contributed by atoms with Gasteiger partial charge in [0.15, 0.2) is 0 Å². The zero-order chi connectivity index (χ0) is 30.2. The smallest absolute Gasteiger partial charge is 0.421 e. The Labute approximate surface area is 244 Å². The third kappa shape index (κ3) is 5.80. The average molecular weight is 620 g/mol. The van der Waals surface area contributed by atoms with Crippen LogP contribution in [0.1, 0.15) is 5.56 Å². The highest BCUT2D eigenvalue weighted by Gasteiger charge is 2.39. The van der Waals surface area contributed by atoms with Crippen LogP contribution < -0.4 is 14.7 Å². The van der Waals surface area contributed by atoms with E-state index in [0.29, 0.717) is 31.9 Å². The Balaban J connectivity index is 1.24. The number of thiophene rings is 1. The second-order valence-corrected chi connectivity index (χ2v) is 12.6. The van der Waals surface area contributed by atoms with Crippen LogP contribution in [0.5, 0.6) is 0 Å². The fourth-order valence-electron chi connectivity index (χ4n) is 4.80. The number of piperazine rings is 1. The van der Waals surface area contributed by atoms with E-state index in [-0.39, 0.29) is 26.4 Å². The summed E-state index contributed by atoms with van der Waals surface area (Å²) >= 11 is 1.09. The molecule has 0 aliphatic carbocycles. The SMILES string of the molecule is Cc1ccc(S(=O)(=O)N(C[C@H]2CN(c3ccc(N4CCN(c5ccc([N+](=O)[O-])s5)CC4)c(F)c3)C(=O)O2)C(=O)O)cc1. The van der Waals surface area contributed by atoms with E-state index in [1.54, 1.807) is 25.1 Å².